The van der Waals surface area contributed by atoms with E-state index in [-0.39, 0.29) is 23.1 Å². The third-order valence-electron chi connectivity index (χ3n) is 5.03. The third kappa shape index (κ3) is 6.96. The van der Waals surface area contributed by atoms with Gasteiger partial charge in [-0.1, -0.05) is 40.5 Å². The summed E-state index contributed by atoms with van der Waals surface area (Å²) in [5, 5.41) is 3.02. The lowest BCUT2D eigenvalue weighted by Crippen LogP contribution is -2.57. The summed E-state index contributed by atoms with van der Waals surface area (Å²) in [5.74, 6) is -0.398. The molecular formula is C20H37N3O3. The quantitative estimate of drug-likeness (QED) is 0.636. The maximum absolute atomic E-state index is 13.0. The van der Waals surface area contributed by atoms with Crippen molar-refractivity contribution in [2.45, 2.75) is 72.3 Å². The van der Waals surface area contributed by atoms with Gasteiger partial charge in [0.2, 0.25) is 18.2 Å². The fourth-order valence-corrected chi connectivity index (χ4v) is 3.35. The summed E-state index contributed by atoms with van der Waals surface area (Å²) in [7, 11) is 1.68. The number of piperidine rings is 1. The summed E-state index contributed by atoms with van der Waals surface area (Å²) in [4.78, 5) is 40.3. The van der Waals surface area contributed by atoms with Gasteiger partial charge in [-0.15, -0.1) is 0 Å². The standard InChI is InChI=1S/C20H37N3O3/c1-6-7-11-16(14-22(5)15-24)18(25)21-17(20(2,3)4)19(26)23-12-9-8-10-13-23/h15-17H,6-14H2,1-5H3,(H,21,25)/t16-,17-/m1/s1. The molecule has 1 aliphatic heterocycles. The molecule has 0 bridgehead atoms. The second kappa shape index (κ2) is 10.5. The Morgan fingerprint density at radius 2 is 1.81 bits per heavy atom. The summed E-state index contributed by atoms with van der Waals surface area (Å²) in [6.07, 6.45) is 6.59. The molecule has 1 heterocycles. The predicted octanol–water partition coefficient (Wildman–Crippen LogP) is 2.42. The molecule has 1 fully saturated rings. The molecule has 0 aromatic rings. The van der Waals surface area contributed by atoms with Crippen molar-refractivity contribution in [2.75, 3.05) is 26.7 Å². The Kier molecular flexibility index (Phi) is 9.09. The molecule has 1 saturated heterocycles. The smallest absolute Gasteiger partial charge is 0.245 e. The van der Waals surface area contributed by atoms with E-state index in [0.717, 1.165) is 58.0 Å². The van der Waals surface area contributed by atoms with Crippen molar-refractivity contribution in [1.29, 1.82) is 0 Å². The van der Waals surface area contributed by atoms with Crippen LogP contribution in [0.1, 0.15) is 66.2 Å². The number of hydrogen-bond acceptors (Lipinski definition) is 3. The van der Waals surface area contributed by atoms with E-state index in [1.807, 2.05) is 25.7 Å². The molecule has 0 aliphatic carbocycles. The minimum absolute atomic E-state index is 0.0172. The SMILES string of the molecule is CCCC[C@H](CN(C)C=O)C(=O)N[C@H](C(=O)N1CCCCC1)C(C)(C)C. The highest BCUT2D eigenvalue weighted by Crippen LogP contribution is 2.24. The first kappa shape index (κ1) is 22.5. The summed E-state index contributed by atoms with van der Waals surface area (Å²) in [6.45, 7) is 9.96. The van der Waals surface area contributed by atoms with Crippen LogP contribution in [0.15, 0.2) is 0 Å². The van der Waals surface area contributed by atoms with Crippen molar-refractivity contribution in [2.24, 2.45) is 11.3 Å². The fourth-order valence-electron chi connectivity index (χ4n) is 3.35. The molecule has 0 spiro atoms. The Hall–Kier alpha value is -1.59. The number of unbranched alkanes of at least 4 members (excludes halogenated alkanes) is 1. The van der Waals surface area contributed by atoms with E-state index < -0.39 is 6.04 Å². The molecule has 0 aromatic carbocycles. The largest absolute Gasteiger partial charge is 0.348 e. The highest BCUT2D eigenvalue weighted by atomic mass is 16.2. The average molecular weight is 368 g/mol. The van der Waals surface area contributed by atoms with Gasteiger partial charge >= 0.3 is 0 Å². The molecule has 0 radical (unpaired) electrons. The van der Waals surface area contributed by atoms with E-state index in [2.05, 4.69) is 12.2 Å². The topological polar surface area (TPSA) is 69.7 Å². The first-order valence-electron chi connectivity index (χ1n) is 9.95. The van der Waals surface area contributed by atoms with Crippen molar-refractivity contribution in [3.05, 3.63) is 0 Å². The lowest BCUT2D eigenvalue weighted by molar-refractivity contribution is -0.141. The Morgan fingerprint density at radius 3 is 2.31 bits per heavy atom. The lowest BCUT2D eigenvalue weighted by atomic mass is 9.84. The van der Waals surface area contributed by atoms with E-state index in [0.29, 0.717) is 6.54 Å². The maximum atomic E-state index is 13.0. The Bertz CT molecular complexity index is 467. The van der Waals surface area contributed by atoms with Crippen LogP contribution in [0.4, 0.5) is 0 Å². The minimum Gasteiger partial charge on any atom is -0.348 e. The van der Waals surface area contributed by atoms with E-state index in [1.54, 1.807) is 7.05 Å². The summed E-state index contributed by atoms with van der Waals surface area (Å²) in [5.41, 5.74) is -0.365. The van der Waals surface area contributed by atoms with Crippen LogP contribution in [0.25, 0.3) is 0 Å². The predicted molar refractivity (Wildman–Crippen MR) is 104 cm³/mol. The Morgan fingerprint density at radius 1 is 1.19 bits per heavy atom. The van der Waals surface area contributed by atoms with Gasteiger partial charge in [-0.3, -0.25) is 14.4 Å². The summed E-state index contributed by atoms with van der Waals surface area (Å²) < 4.78 is 0. The zero-order valence-corrected chi connectivity index (χ0v) is 17.2. The number of nitrogens with one attached hydrogen (secondary N) is 1. The van der Waals surface area contributed by atoms with Crippen LogP contribution >= 0.6 is 0 Å². The van der Waals surface area contributed by atoms with Crippen molar-refractivity contribution in [3.63, 3.8) is 0 Å². The number of rotatable bonds is 9. The highest BCUT2D eigenvalue weighted by Gasteiger charge is 2.37. The molecule has 6 nitrogen and oxygen atoms in total. The molecular weight excluding hydrogens is 330 g/mol. The van der Waals surface area contributed by atoms with Crippen LogP contribution in [0.2, 0.25) is 0 Å². The van der Waals surface area contributed by atoms with Crippen molar-refractivity contribution in [3.8, 4) is 0 Å². The van der Waals surface area contributed by atoms with Crippen LogP contribution in [0.3, 0.4) is 0 Å². The van der Waals surface area contributed by atoms with E-state index in [9.17, 15) is 14.4 Å². The zero-order valence-electron chi connectivity index (χ0n) is 17.2. The van der Waals surface area contributed by atoms with Crippen LogP contribution in [-0.2, 0) is 14.4 Å². The molecule has 0 aromatic heterocycles. The second-order valence-electron chi connectivity index (χ2n) is 8.58. The lowest BCUT2D eigenvalue weighted by Gasteiger charge is -2.37. The molecule has 26 heavy (non-hydrogen) atoms. The molecule has 0 unspecified atom stereocenters. The van der Waals surface area contributed by atoms with Crippen molar-refractivity contribution in [1.82, 2.24) is 15.1 Å². The Labute approximate surface area is 158 Å². The fraction of sp³-hybridized carbons (Fsp3) is 0.850. The number of carbonyl (C=O) groups excluding carboxylic acids is 3. The molecule has 1 aliphatic rings. The average Bonchev–Trinajstić information content (AvgIpc) is 2.61. The minimum atomic E-state index is -0.543. The van der Waals surface area contributed by atoms with Gasteiger partial charge in [-0.05, 0) is 31.1 Å². The van der Waals surface area contributed by atoms with Crippen LogP contribution in [-0.4, -0.2) is 60.7 Å². The third-order valence-corrected chi connectivity index (χ3v) is 5.03. The Balaban J connectivity index is 2.87. The van der Waals surface area contributed by atoms with Gasteiger partial charge in [0.25, 0.3) is 0 Å². The van der Waals surface area contributed by atoms with Gasteiger partial charge in [0.1, 0.15) is 6.04 Å². The first-order valence-corrected chi connectivity index (χ1v) is 9.95. The molecule has 1 N–H and O–H groups in total. The second-order valence-corrected chi connectivity index (χ2v) is 8.58. The van der Waals surface area contributed by atoms with Gasteiger partial charge < -0.3 is 15.1 Å². The maximum Gasteiger partial charge on any atom is 0.245 e. The molecule has 3 amide bonds. The van der Waals surface area contributed by atoms with Gasteiger partial charge in [-0.2, -0.15) is 0 Å². The number of likely N-dealkylation sites (tertiary alicyclic amines) is 1. The van der Waals surface area contributed by atoms with Crippen LogP contribution in [0, 0.1) is 11.3 Å². The zero-order chi connectivity index (χ0) is 19.7. The molecule has 150 valence electrons. The number of carbonyl (C=O) groups is 3. The molecule has 1 rings (SSSR count). The monoisotopic (exact) mass is 367 g/mol. The number of nitrogens with zero attached hydrogens (tertiary/aromatic N) is 2. The molecule has 2 atom stereocenters. The van der Waals surface area contributed by atoms with Crippen molar-refractivity contribution < 1.29 is 14.4 Å². The molecule has 6 heteroatoms. The normalized spacial score (nSPS) is 17.3. The highest BCUT2D eigenvalue weighted by molar-refractivity contribution is 5.89. The van der Waals surface area contributed by atoms with Gasteiger partial charge in [-0.25, -0.2) is 0 Å². The van der Waals surface area contributed by atoms with Crippen molar-refractivity contribution >= 4 is 18.2 Å². The van der Waals surface area contributed by atoms with Gasteiger partial charge in [0.05, 0.1) is 5.92 Å². The molecule has 0 saturated carbocycles. The number of amides is 3. The van der Waals surface area contributed by atoms with E-state index in [1.165, 1.54) is 4.90 Å². The van der Waals surface area contributed by atoms with Gasteiger partial charge in [0.15, 0.2) is 0 Å². The summed E-state index contributed by atoms with van der Waals surface area (Å²) in [6, 6.07) is -0.543. The summed E-state index contributed by atoms with van der Waals surface area (Å²) >= 11 is 0. The van der Waals surface area contributed by atoms with E-state index in [4.69, 9.17) is 0 Å². The van der Waals surface area contributed by atoms with E-state index >= 15 is 0 Å². The first-order chi connectivity index (χ1) is 12.2. The van der Waals surface area contributed by atoms with Crippen LogP contribution < -0.4 is 5.32 Å². The van der Waals surface area contributed by atoms with Crippen LogP contribution in [0.5, 0.6) is 0 Å². The van der Waals surface area contributed by atoms with Gasteiger partial charge in [0, 0.05) is 26.7 Å². The number of hydrogen-bond donors (Lipinski definition) is 1.